The van der Waals surface area contributed by atoms with Crippen molar-refractivity contribution in [3.63, 3.8) is 0 Å². The number of hydrogen-bond acceptors (Lipinski definition) is 2. The predicted octanol–water partition coefficient (Wildman–Crippen LogP) is 11.7. The third-order valence-electron chi connectivity index (χ3n) is 12.2. The molecule has 2 unspecified atom stereocenters. The maximum Gasteiger partial charge on any atom is 0.194 e. The minimum atomic E-state index is -0.551. The SMILES string of the molecule is C#CC(C)(CCC=C(C)C(C)(CC)CC)c1ccc2c(c1)C(=O)c1cc(C(C)(CC)CCC=C(C)C(C)(C)CC)ccc1C2=O. The summed E-state index contributed by atoms with van der Waals surface area (Å²) >= 11 is 0. The quantitative estimate of drug-likeness (QED) is 0.135. The minimum Gasteiger partial charge on any atom is -0.289 e. The van der Waals surface area contributed by atoms with Crippen LogP contribution in [0.5, 0.6) is 0 Å². The Morgan fingerprint density at radius 2 is 1.16 bits per heavy atom. The standard InChI is InChI=1S/C43H58O2/c1-13-40(8,9)30(6)20-18-26-42(11,16-4)32-22-24-34-36(28-32)39(45)37-29-33(23-25-35(37)38(34)44)43(12,17-5)27-19-21-31(7)41(10,14-2)15-3/h5,20-25,28-29H,13-16,18-19,26-27H2,1-4,6-12H3. The zero-order valence-corrected chi connectivity index (χ0v) is 30.2. The Labute approximate surface area is 275 Å². The van der Waals surface area contributed by atoms with Crippen LogP contribution in [0.4, 0.5) is 0 Å². The molecule has 0 saturated heterocycles. The van der Waals surface area contributed by atoms with Gasteiger partial charge >= 0.3 is 0 Å². The van der Waals surface area contributed by atoms with Crippen molar-refractivity contribution in [1.29, 1.82) is 0 Å². The van der Waals surface area contributed by atoms with Crippen molar-refractivity contribution in [1.82, 2.24) is 0 Å². The largest absolute Gasteiger partial charge is 0.289 e. The highest BCUT2D eigenvalue weighted by Gasteiger charge is 2.34. The van der Waals surface area contributed by atoms with Crippen LogP contribution < -0.4 is 0 Å². The lowest BCUT2D eigenvalue weighted by Crippen LogP contribution is -2.26. The fourth-order valence-electron chi connectivity index (χ4n) is 6.49. The lowest BCUT2D eigenvalue weighted by Gasteiger charge is -2.31. The molecule has 1 aliphatic rings. The molecule has 0 spiro atoms. The van der Waals surface area contributed by atoms with Crippen LogP contribution in [0.25, 0.3) is 0 Å². The van der Waals surface area contributed by atoms with Crippen LogP contribution in [0, 0.1) is 23.2 Å². The zero-order valence-electron chi connectivity index (χ0n) is 30.2. The molecule has 45 heavy (non-hydrogen) atoms. The van der Waals surface area contributed by atoms with E-state index in [0.717, 1.165) is 62.5 Å². The van der Waals surface area contributed by atoms with Gasteiger partial charge in [-0.3, -0.25) is 9.59 Å². The second-order valence-electron chi connectivity index (χ2n) is 14.9. The summed E-state index contributed by atoms with van der Waals surface area (Å²) in [5.74, 6) is 2.86. The third-order valence-corrected chi connectivity index (χ3v) is 12.2. The van der Waals surface area contributed by atoms with E-state index in [4.69, 9.17) is 6.42 Å². The Morgan fingerprint density at radius 1 is 0.667 bits per heavy atom. The van der Waals surface area contributed by atoms with Crippen LogP contribution in [0.15, 0.2) is 59.7 Å². The van der Waals surface area contributed by atoms with Gasteiger partial charge in [0.15, 0.2) is 11.6 Å². The summed E-state index contributed by atoms with van der Waals surface area (Å²) in [6.07, 6.45) is 18.7. The molecule has 2 aromatic rings. The molecule has 242 valence electrons. The van der Waals surface area contributed by atoms with Crippen molar-refractivity contribution in [2.75, 3.05) is 0 Å². The highest BCUT2D eigenvalue weighted by molar-refractivity contribution is 6.28. The van der Waals surface area contributed by atoms with E-state index in [1.807, 2.05) is 30.3 Å². The molecule has 0 aliphatic heterocycles. The summed E-state index contributed by atoms with van der Waals surface area (Å²) in [6, 6.07) is 11.6. The maximum atomic E-state index is 14.1. The molecule has 2 aromatic carbocycles. The lowest BCUT2D eigenvalue weighted by atomic mass is 9.72. The first-order valence-electron chi connectivity index (χ1n) is 17.3. The molecule has 0 N–H and O–H groups in total. The Balaban J connectivity index is 1.93. The van der Waals surface area contributed by atoms with Crippen LogP contribution in [0.3, 0.4) is 0 Å². The van der Waals surface area contributed by atoms with Gasteiger partial charge in [-0.05, 0) is 124 Å². The molecule has 0 fully saturated rings. The van der Waals surface area contributed by atoms with Gasteiger partial charge in [0.25, 0.3) is 0 Å². The number of carbonyl (C=O) groups is 2. The van der Waals surface area contributed by atoms with Crippen molar-refractivity contribution in [2.45, 2.75) is 138 Å². The molecular weight excluding hydrogens is 548 g/mol. The Kier molecular flexibility index (Phi) is 11.3. The Morgan fingerprint density at radius 3 is 1.67 bits per heavy atom. The molecule has 0 saturated carbocycles. The fourth-order valence-corrected chi connectivity index (χ4v) is 6.49. The molecule has 2 atom stereocenters. The van der Waals surface area contributed by atoms with Crippen molar-refractivity contribution < 1.29 is 9.59 Å². The number of carbonyl (C=O) groups excluding carboxylic acids is 2. The molecule has 1 aliphatic carbocycles. The molecule has 0 heterocycles. The zero-order chi connectivity index (χ0) is 33.8. The number of fused-ring (bicyclic) bond motifs is 2. The van der Waals surface area contributed by atoms with E-state index in [1.165, 1.54) is 11.1 Å². The van der Waals surface area contributed by atoms with E-state index >= 15 is 0 Å². The molecule has 0 bridgehead atoms. The first-order valence-corrected chi connectivity index (χ1v) is 17.3. The van der Waals surface area contributed by atoms with Gasteiger partial charge in [-0.1, -0.05) is 96.7 Å². The predicted molar refractivity (Wildman–Crippen MR) is 192 cm³/mol. The van der Waals surface area contributed by atoms with E-state index < -0.39 is 5.41 Å². The highest BCUT2D eigenvalue weighted by Crippen LogP contribution is 2.40. The first kappa shape index (κ1) is 36.3. The van der Waals surface area contributed by atoms with Crippen LogP contribution in [0.1, 0.15) is 170 Å². The molecule has 2 nitrogen and oxygen atoms in total. The van der Waals surface area contributed by atoms with E-state index in [-0.39, 0.29) is 27.8 Å². The van der Waals surface area contributed by atoms with Crippen molar-refractivity contribution in [3.05, 3.63) is 93.1 Å². The lowest BCUT2D eigenvalue weighted by molar-refractivity contribution is 0.0978. The molecule has 0 amide bonds. The van der Waals surface area contributed by atoms with Crippen LogP contribution in [-0.4, -0.2) is 11.6 Å². The summed E-state index contributed by atoms with van der Waals surface area (Å²) in [4.78, 5) is 27.8. The molecule has 0 radical (unpaired) electrons. The smallest absolute Gasteiger partial charge is 0.194 e. The number of terminal acetylenes is 1. The van der Waals surface area contributed by atoms with E-state index in [2.05, 4.69) is 100 Å². The summed E-state index contributed by atoms with van der Waals surface area (Å²) in [5, 5.41) is 0. The van der Waals surface area contributed by atoms with E-state index in [1.54, 1.807) is 0 Å². The summed E-state index contributed by atoms with van der Waals surface area (Å²) in [6.45, 7) is 24.7. The molecule has 3 rings (SSSR count). The van der Waals surface area contributed by atoms with Gasteiger partial charge in [0, 0.05) is 22.3 Å². The van der Waals surface area contributed by atoms with Crippen LogP contribution in [-0.2, 0) is 10.8 Å². The fraction of sp³-hybridized carbons (Fsp3) is 0.535. The topological polar surface area (TPSA) is 34.1 Å². The van der Waals surface area contributed by atoms with Crippen LogP contribution >= 0.6 is 0 Å². The van der Waals surface area contributed by atoms with Crippen molar-refractivity contribution in [2.24, 2.45) is 10.8 Å². The third kappa shape index (κ3) is 7.30. The average Bonchev–Trinajstić information content (AvgIpc) is 3.05. The number of allylic oxidation sites excluding steroid dienone is 4. The number of ketones is 2. The number of benzene rings is 2. The maximum absolute atomic E-state index is 14.1. The molecule has 2 heteroatoms. The van der Waals surface area contributed by atoms with Gasteiger partial charge < -0.3 is 0 Å². The van der Waals surface area contributed by atoms with Gasteiger partial charge in [0.2, 0.25) is 0 Å². The number of hydrogen-bond donors (Lipinski definition) is 0. The van der Waals surface area contributed by atoms with Crippen molar-refractivity contribution in [3.8, 4) is 12.3 Å². The van der Waals surface area contributed by atoms with Gasteiger partial charge in [0.05, 0.1) is 5.41 Å². The number of rotatable bonds is 14. The Hall–Kier alpha value is -3.18. The summed E-state index contributed by atoms with van der Waals surface area (Å²) in [5.41, 5.74) is 6.56. The average molecular weight is 607 g/mol. The van der Waals surface area contributed by atoms with Crippen molar-refractivity contribution >= 4 is 11.6 Å². The normalized spacial score (nSPS) is 16.8. The second kappa shape index (κ2) is 14.1. The second-order valence-corrected chi connectivity index (χ2v) is 14.9. The van der Waals surface area contributed by atoms with Gasteiger partial charge in [0.1, 0.15) is 0 Å². The monoisotopic (exact) mass is 606 g/mol. The summed E-state index contributed by atoms with van der Waals surface area (Å²) in [7, 11) is 0. The highest BCUT2D eigenvalue weighted by atomic mass is 16.1. The van der Waals surface area contributed by atoms with E-state index in [0.29, 0.717) is 22.3 Å². The van der Waals surface area contributed by atoms with Gasteiger partial charge in [-0.15, -0.1) is 6.42 Å². The van der Waals surface area contributed by atoms with Gasteiger partial charge in [-0.2, -0.15) is 0 Å². The van der Waals surface area contributed by atoms with Gasteiger partial charge in [-0.25, -0.2) is 0 Å². The molecule has 0 aromatic heterocycles. The minimum absolute atomic E-state index is 0.0843. The van der Waals surface area contributed by atoms with Crippen LogP contribution in [0.2, 0.25) is 0 Å². The Bertz CT molecular complexity index is 1520. The molecular formula is C43H58O2. The van der Waals surface area contributed by atoms with E-state index in [9.17, 15) is 9.59 Å². The summed E-state index contributed by atoms with van der Waals surface area (Å²) < 4.78 is 0. The first-order chi connectivity index (χ1) is 21.1.